The predicted octanol–water partition coefficient (Wildman–Crippen LogP) is 2.01. The van der Waals surface area contributed by atoms with Crippen molar-refractivity contribution in [3.63, 3.8) is 0 Å². The Hall–Kier alpha value is -1.57. The van der Waals surface area contributed by atoms with E-state index in [4.69, 9.17) is 4.74 Å². The Balaban J connectivity index is 1.88. The lowest BCUT2D eigenvalue weighted by Crippen LogP contribution is -1.98. The van der Waals surface area contributed by atoms with Gasteiger partial charge >= 0.3 is 0 Å². The molecular weight excluding hydrogens is 150 g/mol. The second-order valence-electron chi connectivity index (χ2n) is 2.51. The number of hydrogen-bond acceptors (Lipinski definition) is 2. The lowest BCUT2D eigenvalue weighted by atomic mass is 10.2. The highest BCUT2D eigenvalue weighted by molar-refractivity contribution is 5.81. The first kappa shape index (κ1) is 7.10. The summed E-state index contributed by atoms with van der Waals surface area (Å²) < 4.78 is 5.32. The smallest absolute Gasteiger partial charge is 0.110 e. The molecule has 0 atom stereocenters. The quantitative estimate of drug-likeness (QED) is 0.616. The van der Waals surface area contributed by atoms with Crippen LogP contribution in [0.5, 0.6) is 0 Å². The van der Waals surface area contributed by atoms with Gasteiger partial charge in [0.05, 0.1) is 0 Å². The van der Waals surface area contributed by atoms with Crippen molar-refractivity contribution in [1.29, 1.82) is 0 Å². The van der Waals surface area contributed by atoms with Gasteiger partial charge in [-0.3, -0.25) is 0 Å². The highest BCUT2D eigenvalue weighted by atomic mass is 16.5. The Morgan fingerprint density at radius 1 is 1.25 bits per heavy atom. The predicted molar refractivity (Wildman–Crippen MR) is 46.7 cm³/mol. The zero-order valence-electron chi connectivity index (χ0n) is 6.53. The van der Waals surface area contributed by atoms with Gasteiger partial charge in [-0.15, -0.1) is 0 Å². The van der Waals surface area contributed by atoms with Gasteiger partial charge in [0.15, 0.2) is 0 Å². The zero-order chi connectivity index (χ0) is 8.23. The number of benzene rings is 1. The monoisotopic (exact) mass is 158 g/mol. The van der Waals surface area contributed by atoms with Crippen LogP contribution < -0.4 is 0 Å². The summed E-state index contributed by atoms with van der Waals surface area (Å²) in [4.78, 5) is 3.67. The summed E-state index contributed by atoms with van der Waals surface area (Å²) in [6.45, 7) is 0.592. The summed E-state index contributed by atoms with van der Waals surface area (Å²) in [6, 6.07) is 10.0. The number of aliphatic imine (C=N–C) groups is 1. The van der Waals surface area contributed by atoms with Gasteiger partial charge in [0, 0.05) is 5.76 Å². The fraction of sp³-hybridized carbons (Fsp3) is 0.100. The van der Waals surface area contributed by atoms with Crippen LogP contribution in [0.15, 0.2) is 47.3 Å². The maximum atomic E-state index is 5.32. The second-order valence-corrected chi connectivity index (χ2v) is 2.51. The number of hydrogen-bond donors (Lipinski definition) is 0. The number of allylic oxidation sites excluding steroid dienone is 1. The summed E-state index contributed by atoms with van der Waals surface area (Å²) in [5, 5.41) is 0. The van der Waals surface area contributed by atoms with E-state index < -0.39 is 0 Å². The second kappa shape index (κ2) is 3.22. The zero-order valence-corrected chi connectivity index (χ0v) is 6.53. The van der Waals surface area contributed by atoms with Crippen molar-refractivity contribution >= 4 is 6.21 Å². The topological polar surface area (TPSA) is 21.6 Å². The minimum atomic E-state index is 0.592. The summed E-state index contributed by atoms with van der Waals surface area (Å²) in [6.07, 6.45) is 4.34. The molecule has 1 aromatic rings. The third-order valence-electron chi connectivity index (χ3n) is 1.59. The average molecular weight is 158 g/mol. The van der Waals surface area contributed by atoms with Crippen molar-refractivity contribution in [2.24, 2.45) is 4.99 Å². The Bertz CT molecular complexity index is 314. The van der Waals surface area contributed by atoms with Crippen LogP contribution in [-0.2, 0) is 11.3 Å². The molecule has 2 nitrogen and oxygen atoms in total. The first-order chi connectivity index (χ1) is 5.95. The third kappa shape index (κ3) is 1.53. The van der Waals surface area contributed by atoms with E-state index in [1.54, 1.807) is 6.20 Å². The molecule has 0 bridgehead atoms. The first-order valence-electron chi connectivity index (χ1n) is 3.78. The van der Waals surface area contributed by atoms with Crippen LogP contribution in [0.2, 0.25) is 0 Å². The molecule has 1 aliphatic rings. The Morgan fingerprint density at radius 2 is 2.00 bits per heavy atom. The SMILES string of the molecule is [C-]1=NC=C1OCc1ccccc1. The molecule has 0 aromatic heterocycles. The van der Waals surface area contributed by atoms with Gasteiger partial charge < -0.3 is 9.73 Å². The highest BCUT2D eigenvalue weighted by Gasteiger charge is 1.94. The van der Waals surface area contributed by atoms with Crippen molar-refractivity contribution in [2.75, 3.05) is 0 Å². The van der Waals surface area contributed by atoms with Gasteiger partial charge in [-0.25, -0.2) is 0 Å². The summed E-state index contributed by atoms with van der Waals surface area (Å²) in [5.74, 6) is 0.735. The number of nitrogens with zero attached hydrogens (tertiary/aromatic N) is 1. The molecule has 60 valence electrons. The van der Waals surface area contributed by atoms with E-state index in [1.807, 2.05) is 30.3 Å². The van der Waals surface area contributed by atoms with Gasteiger partial charge in [0.25, 0.3) is 0 Å². The van der Waals surface area contributed by atoms with Crippen LogP contribution in [-0.4, -0.2) is 6.21 Å². The summed E-state index contributed by atoms with van der Waals surface area (Å²) >= 11 is 0. The molecule has 1 aliphatic heterocycles. The molecule has 0 amide bonds. The van der Waals surface area contributed by atoms with Crippen LogP contribution in [0.1, 0.15) is 5.56 Å². The molecule has 0 aliphatic carbocycles. The summed E-state index contributed by atoms with van der Waals surface area (Å²) in [7, 11) is 0. The van der Waals surface area contributed by atoms with Crippen molar-refractivity contribution in [3.05, 3.63) is 47.9 Å². The van der Waals surface area contributed by atoms with Crippen molar-refractivity contribution in [2.45, 2.75) is 6.61 Å². The maximum absolute atomic E-state index is 5.32. The Kier molecular flexibility index (Phi) is 1.90. The molecule has 1 aromatic carbocycles. The van der Waals surface area contributed by atoms with Crippen LogP contribution in [0.3, 0.4) is 0 Å². The van der Waals surface area contributed by atoms with Crippen molar-refractivity contribution < 1.29 is 4.74 Å². The standard InChI is InChI=1S/C10H8NO/c1-2-4-9(5-3-1)8-12-10-6-11-7-10/h1-6H,8H2/q-1. The molecule has 0 radical (unpaired) electrons. The molecule has 0 saturated heterocycles. The molecule has 0 spiro atoms. The molecular formula is C10H8NO-. The average Bonchev–Trinajstić information content (AvgIpc) is 2.04. The normalized spacial score (nSPS) is 13.5. The first-order valence-corrected chi connectivity index (χ1v) is 3.78. The summed E-state index contributed by atoms with van der Waals surface area (Å²) in [5.41, 5.74) is 1.16. The lowest BCUT2D eigenvalue weighted by Gasteiger charge is -2.14. The molecule has 2 rings (SSSR count). The van der Waals surface area contributed by atoms with Crippen molar-refractivity contribution in [1.82, 2.24) is 0 Å². The van der Waals surface area contributed by atoms with E-state index in [9.17, 15) is 0 Å². The van der Waals surface area contributed by atoms with E-state index >= 15 is 0 Å². The van der Waals surface area contributed by atoms with Gasteiger partial charge in [-0.05, 0) is 18.0 Å². The van der Waals surface area contributed by atoms with Crippen LogP contribution in [0, 0.1) is 0 Å². The highest BCUT2D eigenvalue weighted by Crippen LogP contribution is 2.08. The molecule has 0 saturated carbocycles. The third-order valence-corrected chi connectivity index (χ3v) is 1.59. The fourth-order valence-electron chi connectivity index (χ4n) is 0.922. The van der Waals surface area contributed by atoms with Crippen LogP contribution >= 0.6 is 0 Å². The van der Waals surface area contributed by atoms with E-state index in [0.29, 0.717) is 6.61 Å². The number of rotatable bonds is 3. The molecule has 0 fully saturated rings. The largest absolute Gasteiger partial charge is 0.512 e. The van der Waals surface area contributed by atoms with E-state index in [0.717, 1.165) is 11.3 Å². The van der Waals surface area contributed by atoms with E-state index in [1.165, 1.54) is 0 Å². The molecule has 1 heterocycles. The molecule has 2 heteroatoms. The lowest BCUT2D eigenvalue weighted by molar-refractivity contribution is 0.216. The Morgan fingerprint density at radius 3 is 2.58 bits per heavy atom. The van der Waals surface area contributed by atoms with Gasteiger partial charge in [0.2, 0.25) is 0 Å². The molecule has 0 unspecified atom stereocenters. The van der Waals surface area contributed by atoms with Crippen LogP contribution in [0.25, 0.3) is 0 Å². The Labute approximate surface area is 71.2 Å². The molecule has 0 N–H and O–H groups in total. The number of ether oxygens (including phenoxy) is 1. The van der Waals surface area contributed by atoms with E-state index in [-0.39, 0.29) is 0 Å². The van der Waals surface area contributed by atoms with Gasteiger partial charge in [-0.1, -0.05) is 30.3 Å². The van der Waals surface area contributed by atoms with Gasteiger partial charge in [-0.2, -0.15) is 0 Å². The van der Waals surface area contributed by atoms with E-state index in [2.05, 4.69) is 11.2 Å². The minimum Gasteiger partial charge on any atom is -0.512 e. The maximum Gasteiger partial charge on any atom is 0.110 e. The minimum absolute atomic E-state index is 0.592. The van der Waals surface area contributed by atoms with Crippen molar-refractivity contribution in [3.8, 4) is 0 Å². The van der Waals surface area contributed by atoms with Crippen LogP contribution in [0.4, 0.5) is 0 Å². The fourth-order valence-corrected chi connectivity index (χ4v) is 0.922. The molecule has 12 heavy (non-hydrogen) atoms. The van der Waals surface area contributed by atoms with Gasteiger partial charge in [0.1, 0.15) is 6.61 Å².